The lowest BCUT2D eigenvalue weighted by atomic mass is 10.3. The number of nitrogens with two attached hydrogens (primary N) is 2. The Morgan fingerprint density at radius 3 is 2.68 bits per heavy atom. The van der Waals surface area contributed by atoms with Gasteiger partial charge in [0, 0.05) is 13.1 Å². The first-order chi connectivity index (χ1) is 13.3. The summed E-state index contributed by atoms with van der Waals surface area (Å²) in [7, 11) is 1.74. The fraction of sp³-hybridized carbons (Fsp3) is 0.125. The molecule has 0 atom stereocenters. The maximum Gasteiger partial charge on any atom is 0.295 e. The van der Waals surface area contributed by atoms with E-state index in [2.05, 4.69) is 25.6 Å². The number of anilines is 3. The average molecular weight is 380 g/mol. The molecule has 5 N–H and O–H groups in total. The quantitative estimate of drug-likeness (QED) is 0.436. The van der Waals surface area contributed by atoms with Crippen LogP contribution in [0.4, 0.5) is 17.3 Å². The van der Waals surface area contributed by atoms with Gasteiger partial charge in [-0.15, -0.1) is 0 Å². The molecule has 12 heteroatoms. The number of hydrogen-bond donors (Lipinski definition) is 3. The summed E-state index contributed by atoms with van der Waals surface area (Å²) in [4.78, 5) is 28.7. The van der Waals surface area contributed by atoms with Gasteiger partial charge in [-0.25, -0.2) is 4.98 Å². The van der Waals surface area contributed by atoms with Crippen LogP contribution in [0.25, 0.3) is 11.3 Å². The zero-order valence-electron chi connectivity index (χ0n) is 15.0. The lowest BCUT2D eigenvalue weighted by molar-refractivity contribution is 0.100. The Morgan fingerprint density at radius 2 is 2.00 bits per heavy atom. The summed E-state index contributed by atoms with van der Waals surface area (Å²) in [6.45, 7) is 1.75. The van der Waals surface area contributed by atoms with E-state index in [1.165, 1.54) is 27.7 Å². The molecule has 4 rings (SSSR count). The number of carbonyl (C=O) groups excluding carboxylic acids is 1. The molecule has 0 radical (unpaired) electrons. The Kier molecular flexibility index (Phi) is 3.80. The minimum atomic E-state index is -0.683. The maximum absolute atomic E-state index is 12.9. The van der Waals surface area contributed by atoms with Crippen LogP contribution >= 0.6 is 0 Å². The predicted octanol–water partition coefficient (Wildman–Crippen LogP) is -0.258. The van der Waals surface area contributed by atoms with Gasteiger partial charge in [0.1, 0.15) is 28.6 Å². The highest BCUT2D eigenvalue weighted by Gasteiger charge is 2.16. The number of hydrogen-bond acceptors (Lipinski definition) is 8. The molecule has 4 aromatic heterocycles. The standard InChI is InChI=1S/C16H16N10O2/c1-8-3-11(16(28)25(23-8)9-5-19-24(2)7-9)21-13-4-12(17)26-15(22-13)10(6-20-26)14(18)27/h3-7H,17H2,1-2H3,(H2,18,27)(H,21,22). The first-order valence-electron chi connectivity index (χ1n) is 8.14. The highest BCUT2D eigenvalue weighted by atomic mass is 16.1. The zero-order chi connectivity index (χ0) is 20.0. The van der Waals surface area contributed by atoms with Crippen LogP contribution in [0.5, 0.6) is 0 Å². The molecular weight excluding hydrogens is 364 g/mol. The van der Waals surface area contributed by atoms with Crippen LogP contribution in [0.3, 0.4) is 0 Å². The van der Waals surface area contributed by atoms with E-state index >= 15 is 0 Å². The van der Waals surface area contributed by atoms with E-state index in [-0.39, 0.29) is 28.5 Å². The minimum absolute atomic E-state index is 0.119. The molecule has 0 aliphatic heterocycles. The molecule has 4 heterocycles. The highest BCUT2D eigenvalue weighted by Crippen LogP contribution is 2.19. The van der Waals surface area contributed by atoms with Crippen LogP contribution in [0, 0.1) is 6.92 Å². The lowest BCUT2D eigenvalue weighted by Crippen LogP contribution is -2.24. The van der Waals surface area contributed by atoms with E-state index in [1.54, 1.807) is 30.9 Å². The van der Waals surface area contributed by atoms with Crippen molar-refractivity contribution < 1.29 is 4.79 Å². The second-order valence-electron chi connectivity index (χ2n) is 6.14. The molecule has 0 saturated carbocycles. The largest absolute Gasteiger partial charge is 0.383 e. The molecule has 0 saturated heterocycles. The fourth-order valence-electron chi connectivity index (χ4n) is 2.76. The Hall–Kier alpha value is -4.22. The fourth-order valence-corrected chi connectivity index (χ4v) is 2.76. The van der Waals surface area contributed by atoms with Crippen molar-refractivity contribution in [2.75, 3.05) is 11.1 Å². The van der Waals surface area contributed by atoms with Gasteiger partial charge in [-0.2, -0.15) is 24.5 Å². The van der Waals surface area contributed by atoms with Gasteiger partial charge in [0.25, 0.3) is 11.5 Å². The molecule has 0 spiro atoms. The van der Waals surface area contributed by atoms with E-state index in [4.69, 9.17) is 11.5 Å². The summed E-state index contributed by atoms with van der Waals surface area (Å²) < 4.78 is 4.09. The number of aryl methyl sites for hydroxylation is 2. The van der Waals surface area contributed by atoms with Gasteiger partial charge in [-0.3, -0.25) is 14.3 Å². The van der Waals surface area contributed by atoms with E-state index in [1.807, 2.05) is 0 Å². The maximum atomic E-state index is 12.9. The van der Waals surface area contributed by atoms with E-state index in [0.29, 0.717) is 11.4 Å². The summed E-state index contributed by atoms with van der Waals surface area (Å²) in [6, 6.07) is 3.08. The number of amides is 1. The topological polar surface area (TPSA) is 164 Å². The molecule has 0 bridgehead atoms. The molecule has 0 unspecified atom stereocenters. The van der Waals surface area contributed by atoms with Crippen molar-refractivity contribution in [1.29, 1.82) is 0 Å². The van der Waals surface area contributed by atoms with Gasteiger partial charge in [0.05, 0.1) is 24.3 Å². The molecule has 0 aliphatic carbocycles. The van der Waals surface area contributed by atoms with Crippen molar-refractivity contribution in [2.45, 2.75) is 6.92 Å². The highest BCUT2D eigenvalue weighted by molar-refractivity contribution is 5.98. The van der Waals surface area contributed by atoms with Gasteiger partial charge in [0.15, 0.2) is 5.65 Å². The normalized spacial score (nSPS) is 11.1. The molecule has 142 valence electrons. The molecule has 28 heavy (non-hydrogen) atoms. The van der Waals surface area contributed by atoms with Crippen LogP contribution < -0.4 is 22.3 Å². The zero-order valence-corrected chi connectivity index (χ0v) is 15.0. The van der Waals surface area contributed by atoms with Crippen LogP contribution in [-0.2, 0) is 7.05 Å². The second kappa shape index (κ2) is 6.19. The van der Waals surface area contributed by atoms with Crippen molar-refractivity contribution in [3.63, 3.8) is 0 Å². The predicted molar refractivity (Wildman–Crippen MR) is 101 cm³/mol. The molecule has 0 fully saturated rings. The summed E-state index contributed by atoms with van der Waals surface area (Å²) in [5, 5.41) is 15.2. The first-order valence-corrected chi connectivity index (χ1v) is 8.14. The Balaban J connectivity index is 1.81. The minimum Gasteiger partial charge on any atom is -0.383 e. The number of rotatable bonds is 4. The summed E-state index contributed by atoms with van der Waals surface area (Å²) >= 11 is 0. The number of nitrogens with one attached hydrogen (secondary N) is 1. The molecule has 4 aromatic rings. The Labute approximate surface area is 157 Å². The van der Waals surface area contributed by atoms with Crippen LogP contribution in [-0.4, -0.2) is 40.1 Å². The van der Waals surface area contributed by atoms with Crippen molar-refractivity contribution in [2.24, 2.45) is 12.8 Å². The second-order valence-corrected chi connectivity index (χ2v) is 6.14. The van der Waals surface area contributed by atoms with Crippen molar-refractivity contribution >= 4 is 28.9 Å². The van der Waals surface area contributed by atoms with E-state index in [0.717, 1.165) is 0 Å². The number of aromatic nitrogens is 7. The smallest absolute Gasteiger partial charge is 0.295 e. The third kappa shape index (κ3) is 2.82. The molecule has 0 aliphatic rings. The number of primary amides is 1. The molecule has 0 aromatic carbocycles. The number of nitrogens with zero attached hydrogens (tertiary/aromatic N) is 7. The van der Waals surface area contributed by atoms with Crippen molar-refractivity contribution in [1.82, 2.24) is 34.2 Å². The van der Waals surface area contributed by atoms with Gasteiger partial charge in [-0.1, -0.05) is 0 Å². The summed E-state index contributed by atoms with van der Waals surface area (Å²) in [5.74, 6) is -0.204. The lowest BCUT2D eigenvalue weighted by Gasteiger charge is -2.10. The van der Waals surface area contributed by atoms with Crippen LogP contribution in [0.2, 0.25) is 0 Å². The number of carbonyl (C=O) groups is 1. The van der Waals surface area contributed by atoms with Gasteiger partial charge in [0.2, 0.25) is 0 Å². The summed E-state index contributed by atoms with van der Waals surface area (Å²) in [6.07, 6.45) is 4.49. The average Bonchev–Trinajstić information content (AvgIpc) is 3.24. The third-order valence-electron chi connectivity index (χ3n) is 4.00. The van der Waals surface area contributed by atoms with Gasteiger partial charge < -0.3 is 16.8 Å². The Morgan fingerprint density at radius 1 is 1.21 bits per heavy atom. The Bertz CT molecular complexity index is 1280. The first kappa shape index (κ1) is 17.2. The number of fused-ring (bicyclic) bond motifs is 1. The SMILES string of the molecule is Cc1cc(Nc2cc(N)n3ncc(C(N)=O)c3n2)c(=O)n(-c2cnn(C)c2)n1. The molecule has 12 nitrogen and oxygen atoms in total. The van der Waals surface area contributed by atoms with Crippen LogP contribution in [0.15, 0.2) is 35.5 Å². The number of nitrogen functional groups attached to an aromatic ring is 1. The van der Waals surface area contributed by atoms with E-state index < -0.39 is 11.5 Å². The van der Waals surface area contributed by atoms with Crippen molar-refractivity contribution in [3.05, 3.63) is 52.3 Å². The third-order valence-corrected chi connectivity index (χ3v) is 4.00. The monoisotopic (exact) mass is 380 g/mol. The van der Waals surface area contributed by atoms with Gasteiger partial charge in [-0.05, 0) is 13.0 Å². The summed E-state index contributed by atoms with van der Waals surface area (Å²) in [5.41, 5.74) is 12.6. The van der Waals surface area contributed by atoms with E-state index in [9.17, 15) is 9.59 Å². The van der Waals surface area contributed by atoms with Crippen molar-refractivity contribution in [3.8, 4) is 5.69 Å². The molecular formula is C16H16N10O2. The van der Waals surface area contributed by atoms with Gasteiger partial charge >= 0.3 is 0 Å². The molecule has 1 amide bonds. The van der Waals surface area contributed by atoms with Crippen LogP contribution in [0.1, 0.15) is 16.1 Å².